The molecule has 124 valence electrons. The maximum Gasteiger partial charge on any atom is 0.126 e. The molecule has 0 saturated carbocycles. The fourth-order valence-corrected chi connectivity index (χ4v) is 2.50. The molecule has 0 atom stereocenters. The number of para-hydroxylation sites is 1. The minimum atomic E-state index is 0.792. The highest BCUT2D eigenvalue weighted by Crippen LogP contribution is 2.19. The largest absolute Gasteiger partial charge is 0.493 e. The zero-order valence-electron chi connectivity index (χ0n) is 14.5. The first-order valence-electron chi connectivity index (χ1n) is 8.88. The summed E-state index contributed by atoms with van der Waals surface area (Å²) in [6.07, 6.45) is 9.37. The summed E-state index contributed by atoms with van der Waals surface area (Å²) in [4.78, 5) is 2.62. The molecule has 0 saturated heterocycles. The van der Waals surface area contributed by atoms with Crippen LogP contribution in [-0.4, -0.2) is 31.1 Å². The second kappa shape index (κ2) is 12.3. The molecule has 0 unspecified atom stereocenters. The van der Waals surface area contributed by atoms with E-state index < -0.39 is 0 Å². The molecule has 0 aliphatic heterocycles. The Morgan fingerprint density at radius 3 is 2.23 bits per heavy atom. The van der Waals surface area contributed by atoms with Crippen LogP contribution in [0.5, 0.6) is 5.75 Å². The van der Waals surface area contributed by atoms with Crippen LogP contribution in [0.3, 0.4) is 0 Å². The van der Waals surface area contributed by atoms with E-state index in [2.05, 4.69) is 25.3 Å². The summed E-state index contributed by atoms with van der Waals surface area (Å²) < 4.78 is 5.88. The van der Waals surface area contributed by atoms with E-state index in [0.29, 0.717) is 0 Å². The molecule has 1 aromatic carbocycles. The van der Waals surface area contributed by atoms with Crippen molar-refractivity contribution in [1.29, 1.82) is 0 Å². The van der Waals surface area contributed by atoms with Crippen molar-refractivity contribution in [3.8, 4) is 5.75 Å². The molecule has 0 N–H and O–H groups in total. The van der Waals surface area contributed by atoms with Gasteiger partial charge < -0.3 is 9.64 Å². The Morgan fingerprint density at radius 2 is 1.59 bits per heavy atom. The first-order valence-corrected chi connectivity index (χ1v) is 8.88. The van der Waals surface area contributed by atoms with E-state index in [0.717, 1.165) is 24.3 Å². The molecule has 0 amide bonds. The van der Waals surface area contributed by atoms with Gasteiger partial charge in [-0.3, -0.25) is 0 Å². The highest BCUT2D eigenvalue weighted by Gasteiger charge is 2.04. The highest BCUT2D eigenvalue weighted by molar-refractivity contribution is 5.55. The molecule has 2 heteroatoms. The van der Waals surface area contributed by atoms with Crippen LogP contribution in [0.1, 0.15) is 57.9 Å². The van der Waals surface area contributed by atoms with Crippen LogP contribution in [0, 0.1) is 0 Å². The van der Waals surface area contributed by atoms with E-state index in [-0.39, 0.29) is 0 Å². The van der Waals surface area contributed by atoms with Crippen LogP contribution in [0.2, 0.25) is 0 Å². The van der Waals surface area contributed by atoms with Gasteiger partial charge in [0.05, 0.1) is 6.61 Å². The van der Waals surface area contributed by atoms with Crippen LogP contribution < -0.4 is 4.74 Å². The average molecular weight is 303 g/mol. The van der Waals surface area contributed by atoms with Gasteiger partial charge in [-0.1, -0.05) is 57.5 Å². The van der Waals surface area contributed by atoms with Crippen molar-refractivity contribution in [3.05, 3.63) is 36.4 Å². The number of nitrogens with zero attached hydrogens (tertiary/aromatic N) is 1. The lowest BCUT2D eigenvalue weighted by molar-refractivity contribution is 0.243. The van der Waals surface area contributed by atoms with Crippen molar-refractivity contribution in [3.63, 3.8) is 0 Å². The van der Waals surface area contributed by atoms with Gasteiger partial charge in [0.2, 0.25) is 0 Å². The highest BCUT2D eigenvalue weighted by atomic mass is 16.5. The molecule has 0 bridgehead atoms. The van der Waals surface area contributed by atoms with Crippen molar-refractivity contribution in [2.45, 2.75) is 52.4 Å². The number of hydrogen-bond acceptors (Lipinski definition) is 2. The lowest BCUT2D eigenvalue weighted by Crippen LogP contribution is -2.27. The lowest BCUT2D eigenvalue weighted by atomic mass is 10.2. The lowest BCUT2D eigenvalue weighted by Gasteiger charge is -2.21. The molecule has 22 heavy (non-hydrogen) atoms. The molecule has 0 aromatic heterocycles. The van der Waals surface area contributed by atoms with Crippen LogP contribution in [0.4, 0.5) is 0 Å². The molecule has 2 nitrogen and oxygen atoms in total. The second-order valence-electron chi connectivity index (χ2n) is 5.85. The summed E-state index contributed by atoms with van der Waals surface area (Å²) in [6.45, 7) is 12.8. The number of rotatable bonds is 13. The standard InChI is InChI=1S/C20H33NO/c1-4-7-15-21(16-8-5-2)17-11-12-18-22-20-14-10-9-13-19(20)6-3/h6,9-10,13-14H,3-5,7-8,11-12,15-18H2,1-2H3. The summed E-state index contributed by atoms with van der Waals surface area (Å²) in [7, 11) is 0. The number of unbranched alkanes of at least 4 members (excludes halogenated alkanes) is 3. The van der Waals surface area contributed by atoms with Gasteiger partial charge in [0, 0.05) is 5.56 Å². The van der Waals surface area contributed by atoms with E-state index in [4.69, 9.17) is 4.74 Å². The monoisotopic (exact) mass is 303 g/mol. The number of ether oxygens (including phenoxy) is 1. The Morgan fingerprint density at radius 1 is 0.955 bits per heavy atom. The Hall–Kier alpha value is -1.28. The minimum absolute atomic E-state index is 0.792. The molecule has 1 aromatic rings. The molecule has 1 rings (SSSR count). The van der Waals surface area contributed by atoms with Crippen LogP contribution in [-0.2, 0) is 0 Å². The third kappa shape index (κ3) is 7.65. The first-order chi connectivity index (χ1) is 10.8. The molecule has 0 radical (unpaired) electrons. The zero-order valence-corrected chi connectivity index (χ0v) is 14.5. The van der Waals surface area contributed by atoms with E-state index >= 15 is 0 Å². The van der Waals surface area contributed by atoms with Gasteiger partial charge in [-0.15, -0.1) is 0 Å². The summed E-state index contributed by atoms with van der Waals surface area (Å²) in [5, 5.41) is 0. The molecule has 0 heterocycles. The molecular weight excluding hydrogens is 270 g/mol. The van der Waals surface area contributed by atoms with Crippen molar-refractivity contribution in [2.24, 2.45) is 0 Å². The Balaban J connectivity index is 2.23. The predicted molar refractivity (Wildman–Crippen MR) is 97.5 cm³/mol. The van der Waals surface area contributed by atoms with Gasteiger partial charge in [-0.05, 0) is 51.4 Å². The molecule has 0 fully saturated rings. The van der Waals surface area contributed by atoms with Gasteiger partial charge in [0.25, 0.3) is 0 Å². The van der Waals surface area contributed by atoms with Gasteiger partial charge in [0.1, 0.15) is 5.75 Å². The molecule has 0 aliphatic carbocycles. The summed E-state index contributed by atoms with van der Waals surface area (Å²) in [6, 6.07) is 8.09. The fraction of sp³-hybridized carbons (Fsp3) is 0.600. The number of benzene rings is 1. The normalized spacial score (nSPS) is 10.9. The van der Waals surface area contributed by atoms with E-state index in [1.165, 1.54) is 51.7 Å². The summed E-state index contributed by atoms with van der Waals surface area (Å²) >= 11 is 0. The first kappa shape index (κ1) is 18.8. The van der Waals surface area contributed by atoms with Gasteiger partial charge in [0.15, 0.2) is 0 Å². The topological polar surface area (TPSA) is 12.5 Å². The van der Waals surface area contributed by atoms with Crippen molar-refractivity contribution in [1.82, 2.24) is 4.90 Å². The molecular formula is C20H33NO. The van der Waals surface area contributed by atoms with Gasteiger partial charge in [-0.2, -0.15) is 0 Å². The van der Waals surface area contributed by atoms with Gasteiger partial charge in [-0.25, -0.2) is 0 Å². The van der Waals surface area contributed by atoms with Gasteiger partial charge >= 0.3 is 0 Å². The van der Waals surface area contributed by atoms with Crippen molar-refractivity contribution >= 4 is 6.08 Å². The molecule has 0 spiro atoms. The third-order valence-corrected chi connectivity index (χ3v) is 3.92. The smallest absolute Gasteiger partial charge is 0.126 e. The van der Waals surface area contributed by atoms with Crippen LogP contribution in [0.25, 0.3) is 6.08 Å². The Bertz CT molecular complexity index is 394. The fourth-order valence-electron chi connectivity index (χ4n) is 2.50. The zero-order chi connectivity index (χ0) is 16.0. The van der Waals surface area contributed by atoms with E-state index in [1.807, 2.05) is 30.3 Å². The van der Waals surface area contributed by atoms with E-state index in [1.54, 1.807) is 0 Å². The number of hydrogen-bond donors (Lipinski definition) is 0. The maximum absolute atomic E-state index is 5.88. The van der Waals surface area contributed by atoms with Crippen molar-refractivity contribution < 1.29 is 4.74 Å². The van der Waals surface area contributed by atoms with Crippen molar-refractivity contribution in [2.75, 3.05) is 26.2 Å². The summed E-state index contributed by atoms with van der Waals surface area (Å²) in [5.41, 5.74) is 1.08. The second-order valence-corrected chi connectivity index (χ2v) is 5.85. The van der Waals surface area contributed by atoms with Crippen LogP contribution in [0.15, 0.2) is 30.8 Å². The Labute approximate surface area is 137 Å². The SMILES string of the molecule is C=Cc1ccccc1OCCCCN(CCCC)CCCC. The third-order valence-electron chi connectivity index (χ3n) is 3.92. The predicted octanol–water partition coefficient (Wildman–Crippen LogP) is 5.39. The van der Waals surface area contributed by atoms with Crippen LogP contribution >= 0.6 is 0 Å². The summed E-state index contributed by atoms with van der Waals surface area (Å²) in [5.74, 6) is 0.950. The average Bonchev–Trinajstić information content (AvgIpc) is 2.56. The maximum atomic E-state index is 5.88. The van der Waals surface area contributed by atoms with E-state index in [9.17, 15) is 0 Å². The molecule has 0 aliphatic rings. The Kier molecular flexibility index (Phi) is 10.5. The quantitative estimate of drug-likeness (QED) is 0.453. The minimum Gasteiger partial charge on any atom is -0.493 e.